The molecule has 24 heavy (non-hydrogen) atoms. The van der Waals surface area contributed by atoms with Gasteiger partial charge in [0, 0.05) is 30.2 Å². The summed E-state index contributed by atoms with van der Waals surface area (Å²) in [6.07, 6.45) is 0.983. The fourth-order valence-electron chi connectivity index (χ4n) is 2.79. The van der Waals surface area contributed by atoms with E-state index in [1.54, 1.807) is 31.3 Å². The molecule has 0 aliphatic carbocycles. The van der Waals surface area contributed by atoms with Crippen molar-refractivity contribution in [3.05, 3.63) is 76.0 Å². The molecule has 0 bridgehead atoms. The number of benzene rings is 2. The molecule has 0 saturated carbocycles. The molecule has 0 fully saturated rings. The molecule has 0 aliphatic heterocycles. The summed E-state index contributed by atoms with van der Waals surface area (Å²) in [5.74, 6) is -0.502. The van der Waals surface area contributed by atoms with E-state index in [2.05, 4.69) is 0 Å². The molecule has 6 heteroatoms. The summed E-state index contributed by atoms with van der Waals surface area (Å²) in [5.41, 5.74) is 1.67. The summed E-state index contributed by atoms with van der Waals surface area (Å²) < 4.78 is 7.33. The summed E-state index contributed by atoms with van der Waals surface area (Å²) in [6.45, 7) is 1.63. The van der Waals surface area contributed by atoms with Gasteiger partial charge in [0.1, 0.15) is 6.10 Å². The number of nitro groups is 1. The van der Waals surface area contributed by atoms with E-state index in [1.807, 2.05) is 35.9 Å². The smallest absolute Gasteiger partial charge is 0.340 e. The van der Waals surface area contributed by atoms with Crippen LogP contribution in [-0.4, -0.2) is 15.5 Å². The molecule has 0 amide bonds. The van der Waals surface area contributed by atoms with E-state index in [0.717, 1.165) is 10.9 Å². The molecule has 0 N–H and O–H groups in total. The topological polar surface area (TPSA) is 74.4 Å². The first kappa shape index (κ1) is 15.7. The largest absolute Gasteiger partial charge is 0.454 e. The molecular formula is C18H16N2O4. The zero-order chi connectivity index (χ0) is 17.3. The molecule has 2 aromatic carbocycles. The second kappa shape index (κ2) is 6.16. The fourth-order valence-corrected chi connectivity index (χ4v) is 2.79. The van der Waals surface area contributed by atoms with Crippen LogP contribution < -0.4 is 0 Å². The van der Waals surface area contributed by atoms with Crippen molar-refractivity contribution in [2.75, 3.05) is 0 Å². The van der Waals surface area contributed by atoms with E-state index in [9.17, 15) is 14.9 Å². The lowest BCUT2D eigenvalue weighted by molar-refractivity contribution is -0.386. The summed E-state index contributed by atoms with van der Waals surface area (Å²) in [4.78, 5) is 23.2. The van der Waals surface area contributed by atoms with E-state index in [0.29, 0.717) is 11.1 Å². The highest BCUT2D eigenvalue weighted by atomic mass is 16.6. The molecule has 0 spiro atoms. The molecule has 1 atom stereocenters. The molecule has 3 rings (SSSR count). The number of para-hydroxylation sites is 2. The molecule has 1 heterocycles. The Hall–Kier alpha value is -3.15. The van der Waals surface area contributed by atoms with Gasteiger partial charge in [0.2, 0.25) is 0 Å². The third-order valence-electron chi connectivity index (χ3n) is 3.97. The zero-order valence-electron chi connectivity index (χ0n) is 13.3. The monoisotopic (exact) mass is 324 g/mol. The van der Waals surface area contributed by atoms with Crippen molar-refractivity contribution in [3.63, 3.8) is 0 Å². The number of nitro benzene ring substituents is 1. The first-order valence-corrected chi connectivity index (χ1v) is 7.47. The number of carbonyl (C=O) groups is 1. The molecule has 122 valence electrons. The number of rotatable bonds is 4. The Balaban J connectivity index is 1.91. The van der Waals surface area contributed by atoms with Crippen LogP contribution in [0.2, 0.25) is 0 Å². The van der Waals surface area contributed by atoms with Crippen LogP contribution in [0.15, 0.2) is 54.7 Å². The summed E-state index contributed by atoms with van der Waals surface area (Å²) in [7, 11) is 1.85. The highest BCUT2D eigenvalue weighted by Crippen LogP contribution is 2.29. The Kier molecular flexibility index (Phi) is 4.04. The van der Waals surface area contributed by atoms with E-state index in [-0.39, 0.29) is 5.69 Å². The lowest BCUT2D eigenvalue weighted by Crippen LogP contribution is -2.10. The first-order valence-electron chi connectivity index (χ1n) is 7.47. The van der Waals surface area contributed by atoms with E-state index in [1.165, 1.54) is 6.07 Å². The number of hydrogen-bond acceptors (Lipinski definition) is 4. The van der Waals surface area contributed by atoms with Crippen LogP contribution in [0.5, 0.6) is 0 Å². The molecule has 6 nitrogen and oxygen atoms in total. The van der Waals surface area contributed by atoms with Crippen molar-refractivity contribution in [2.24, 2.45) is 7.05 Å². The van der Waals surface area contributed by atoms with Crippen molar-refractivity contribution < 1.29 is 14.5 Å². The van der Waals surface area contributed by atoms with Gasteiger partial charge in [-0.25, -0.2) is 4.79 Å². The molecule has 0 radical (unpaired) electrons. The maximum Gasteiger partial charge on any atom is 0.340 e. The van der Waals surface area contributed by atoms with Gasteiger partial charge in [-0.05, 0) is 19.1 Å². The lowest BCUT2D eigenvalue weighted by atomic mass is 10.1. The predicted octanol–water partition coefficient (Wildman–Crippen LogP) is 4.00. The van der Waals surface area contributed by atoms with Gasteiger partial charge in [-0.3, -0.25) is 10.1 Å². The number of hydrogen-bond donors (Lipinski definition) is 0. The molecule has 1 aromatic heterocycles. The van der Waals surface area contributed by atoms with Crippen molar-refractivity contribution in [2.45, 2.75) is 13.0 Å². The maximum atomic E-state index is 12.5. The third kappa shape index (κ3) is 2.74. The Morgan fingerprint density at radius 3 is 2.58 bits per heavy atom. The number of nitrogens with zero attached hydrogens (tertiary/aromatic N) is 2. The van der Waals surface area contributed by atoms with Gasteiger partial charge in [0.05, 0.1) is 16.1 Å². The third-order valence-corrected chi connectivity index (χ3v) is 3.97. The highest BCUT2D eigenvalue weighted by molar-refractivity contribution is 6.04. The molecule has 0 saturated heterocycles. The molecule has 3 aromatic rings. The Morgan fingerprint density at radius 1 is 1.17 bits per heavy atom. The van der Waals surface area contributed by atoms with Gasteiger partial charge in [-0.15, -0.1) is 0 Å². The number of carbonyl (C=O) groups excluding carboxylic acids is 1. The maximum absolute atomic E-state index is 12.5. The van der Waals surface area contributed by atoms with Crippen LogP contribution in [0.4, 0.5) is 5.69 Å². The standard InChI is InChI=1S/C18H16N2O4/c1-12(13-7-3-6-10-17(13)20(22)23)24-18(21)15-11-19(2)16-9-5-4-8-14(15)16/h3-12H,1-2H3/t12-/m0/s1. The Labute approximate surface area is 138 Å². The van der Waals surface area contributed by atoms with Crippen LogP contribution in [0.1, 0.15) is 28.9 Å². The first-order chi connectivity index (χ1) is 11.5. The molecule has 0 unspecified atom stereocenters. The number of aromatic nitrogens is 1. The summed E-state index contributed by atoms with van der Waals surface area (Å²) >= 11 is 0. The Bertz CT molecular complexity index is 930. The van der Waals surface area contributed by atoms with Crippen LogP contribution in [0.3, 0.4) is 0 Å². The quantitative estimate of drug-likeness (QED) is 0.413. The van der Waals surface area contributed by atoms with Crippen molar-refractivity contribution in [1.82, 2.24) is 4.57 Å². The summed E-state index contributed by atoms with van der Waals surface area (Å²) in [6, 6.07) is 13.8. The predicted molar refractivity (Wildman–Crippen MR) is 89.8 cm³/mol. The van der Waals surface area contributed by atoms with Crippen LogP contribution in [-0.2, 0) is 11.8 Å². The molecule has 0 aliphatic rings. The van der Waals surface area contributed by atoms with Gasteiger partial charge >= 0.3 is 5.97 Å². The average Bonchev–Trinajstić information content (AvgIpc) is 2.92. The minimum absolute atomic E-state index is 0.0595. The van der Waals surface area contributed by atoms with Crippen LogP contribution >= 0.6 is 0 Å². The number of fused-ring (bicyclic) bond motifs is 1. The summed E-state index contributed by atoms with van der Waals surface area (Å²) in [5, 5.41) is 11.9. The highest BCUT2D eigenvalue weighted by Gasteiger charge is 2.23. The second-order valence-electron chi connectivity index (χ2n) is 5.53. The van der Waals surface area contributed by atoms with Crippen molar-refractivity contribution in [1.29, 1.82) is 0 Å². The van der Waals surface area contributed by atoms with Gasteiger partial charge in [-0.2, -0.15) is 0 Å². The average molecular weight is 324 g/mol. The van der Waals surface area contributed by atoms with Crippen molar-refractivity contribution in [3.8, 4) is 0 Å². The SMILES string of the molecule is C[C@H](OC(=O)c1cn(C)c2ccccc12)c1ccccc1[N+](=O)[O-]. The second-order valence-corrected chi connectivity index (χ2v) is 5.53. The molecular weight excluding hydrogens is 308 g/mol. The number of esters is 1. The van der Waals surface area contributed by atoms with E-state index < -0.39 is 17.0 Å². The van der Waals surface area contributed by atoms with Gasteiger partial charge < -0.3 is 9.30 Å². The lowest BCUT2D eigenvalue weighted by Gasteiger charge is -2.13. The fraction of sp³-hybridized carbons (Fsp3) is 0.167. The van der Waals surface area contributed by atoms with Crippen LogP contribution in [0.25, 0.3) is 10.9 Å². The van der Waals surface area contributed by atoms with Crippen molar-refractivity contribution >= 4 is 22.6 Å². The normalized spacial score (nSPS) is 12.1. The Morgan fingerprint density at radius 2 is 1.83 bits per heavy atom. The minimum atomic E-state index is -0.724. The van der Waals surface area contributed by atoms with Gasteiger partial charge in [-0.1, -0.05) is 30.3 Å². The number of aryl methyl sites for hydroxylation is 1. The van der Waals surface area contributed by atoms with Gasteiger partial charge in [0.15, 0.2) is 0 Å². The minimum Gasteiger partial charge on any atom is -0.454 e. The van der Waals surface area contributed by atoms with E-state index >= 15 is 0 Å². The van der Waals surface area contributed by atoms with Crippen LogP contribution in [0, 0.1) is 10.1 Å². The zero-order valence-corrected chi connectivity index (χ0v) is 13.3. The van der Waals surface area contributed by atoms with E-state index in [4.69, 9.17) is 4.74 Å². The van der Waals surface area contributed by atoms with Gasteiger partial charge in [0.25, 0.3) is 5.69 Å². The number of ether oxygens (including phenoxy) is 1.